The summed E-state index contributed by atoms with van der Waals surface area (Å²) in [6.45, 7) is 4.66. The number of para-hydroxylation sites is 1. The maximum Gasteiger partial charge on any atom is 0.0457 e. The highest BCUT2D eigenvalue weighted by Crippen LogP contribution is 2.35. The van der Waals surface area contributed by atoms with Crippen LogP contribution >= 0.6 is 0 Å². The predicted octanol–water partition coefficient (Wildman–Crippen LogP) is 3.32. The third-order valence-corrected chi connectivity index (χ3v) is 3.75. The molecule has 1 aliphatic heterocycles. The first-order valence-corrected chi connectivity index (χ1v) is 6.20. The third kappa shape index (κ3) is 1.45. The third-order valence-electron chi connectivity index (χ3n) is 3.75. The summed E-state index contributed by atoms with van der Waals surface area (Å²) in [7, 11) is 0. The van der Waals surface area contributed by atoms with E-state index in [-0.39, 0.29) is 0 Å². The smallest absolute Gasteiger partial charge is 0.0457 e. The summed E-state index contributed by atoms with van der Waals surface area (Å²) in [5.74, 6) is 0. The normalized spacial score (nSPS) is 21.9. The van der Waals surface area contributed by atoms with Crippen LogP contribution in [0.15, 0.2) is 30.5 Å². The van der Waals surface area contributed by atoms with E-state index in [1.54, 1.807) is 0 Å². The molecule has 1 aliphatic rings. The van der Waals surface area contributed by atoms with E-state index in [9.17, 15) is 0 Å². The molecule has 2 heterocycles. The monoisotopic (exact) mass is 214 g/mol. The topological polar surface area (TPSA) is 19.0 Å². The van der Waals surface area contributed by atoms with Gasteiger partial charge in [-0.15, -0.1) is 0 Å². The van der Waals surface area contributed by atoms with Crippen molar-refractivity contribution in [3.63, 3.8) is 0 Å². The van der Waals surface area contributed by atoms with Crippen molar-refractivity contribution in [2.24, 2.45) is 0 Å². The largest absolute Gasteiger partial charge is 0.361 e. The second-order valence-corrected chi connectivity index (χ2v) is 4.58. The second kappa shape index (κ2) is 3.95. The molecule has 3 rings (SSSR count). The van der Waals surface area contributed by atoms with Crippen molar-refractivity contribution in [3.05, 3.63) is 36.0 Å². The SMILES string of the molecule is CCN1CCCC1c1c[nH]c2ccccc12. The summed E-state index contributed by atoms with van der Waals surface area (Å²) in [4.78, 5) is 5.96. The summed E-state index contributed by atoms with van der Waals surface area (Å²) in [5.41, 5.74) is 2.75. The summed E-state index contributed by atoms with van der Waals surface area (Å²) in [5, 5.41) is 1.40. The van der Waals surface area contributed by atoms with Crippen LogP contribution in [0.25, 0.3) is 10.9 Å². The van der Waals surface area contributed by atoms with Crippen LogP contribution in [0.4, 0.5) is 0 Å². The molecular formula is C14H18N2. The minimum Gasteiger partial charge on any atom is -0.361 e. The molecule has 84 valence electrons. The molecule has 2 nitrogen and oxygen atoms in total. The van der Waals surface area contributed by atoms with E-state index in [0.717, 1.165) is 6.54 Å². The molecule has 1 atom stereocenters. The Morgan fingerprint density at radius 3 is 3.12 bits per heavy atom. The Morgan fingerprint density at radius 1 is 1.38 bits per heavy atom. The molecule has 2 heteroatoms. The van der Waals surface area contributed by atoms with Crippen molar-refractivity contribution in [1.82, 2.24) is 9.88 Å². The Morgan fingerprint density at radius 2 is 2.25 bits per heavy atom. The van der Waals surface area contributed by atoms with E-state index in [0.29, 0.717) is 6.04 Å². The maximum absolute atomic E-state index is 3.38. The van der Waals surface area contributed by atoms with E-state index in [4.69, 9.17) is 0 Å². The summed E-state index contributed by atoms with van der Waals surface area (Å²) >= 11 is 0. The van der Waals surface area contributed by atoms with Crippen molar-refractivity contribution in [1.29, 1.82) is 0 Å². The highest BCUT2D eigenvalue weighted by Gasteiger charge is 2.26. The van der Waals surface area contributed by atoms with E-state index in [1.165, 1.54) is 35.9 Å². The van der Waals surface area contributed by atoms with Crippen molar-refractivity contribution in [2.45, 2.75) is 25.8 Å². The summed E-state index contributed by atoms with van der Waals surface area (Å²) < 4.78 is 0. The van der Waals surface area contributed by atoms with Crippen LogP contribution in [0.1, 0.15) is 31.4 Å². The molecule has 0 saturated carbocycles. The van der Waals surface area contributed by atoms with Gasteiger partial charge in [0.15, 0.2) is 0 Å². The number of aromatic amines is 1. The zero-order chi connectivity index (χ0) is 11.0. The average molecular weight is 214 g/mol. The Kier molecular flexibility index (Phi) is 2.44. The first-order chi connectivity index (χ1) is 7.90. The predicted molar refractivity (Wildman–Crippen MR) is 67.5 cm³/mol. The minimum absolute atomic E-state index is 0.626. The molecule has 1 fully saturated rings. The van der Waals surface area contributed by atoms with Gasteiger partial charge in [-0.25, -0.2) is 0 Å². The molecule has 0 radical (unpaired) electrons. The van der Waals surface area contributed by atoms with Crippen molar-refractivity contribution >= 4 is 10.9 Å². The number of benzene rings is 1. The van der Waals surface area contributed by atoms with Gasteiger partial charge in [-0.05, 0) is 37.6 Å². The van der Waals surface area contributed by atoms with Crippen molar-refractivity contribution in [2.75, 3.05) is 13.1 Å². The zero-order valence-electron chi connectivity index (χ0n) is 9.74. The number of rotatable bonds is 2. The summed E-state index contributed by atoms with van der Waals surface area (Å²) in [6, 6.07) is 9.23. The number of aromatic nitrogens is 1. The average Bonchev–Trinajstić information content (AvgIpc) is 2.94. The lowest BCUT2D eigenvalue weighted by molar-refractivity contribution is 0.273. The van der Waals surface area contributed by atoms with Crippen LogP contribution < -0.4 is 0 Å². The lowest BCUT2D eigenvalue weighted by Crippen LogP contribution is -2.22. The lowest BCUT2D eigenvalue weighted by atomic mass is 10.0. The van der Waals surface area contributed by atoms with E-state index < -0.39 is 0 Å². The minimum atomic E-state index is 0.626. The molecule has 0 bridgehead atoms. The number of nitrogens with one attached hydrogen (secondary N) is 1. The number of likely N-dealkylation sites (tertiary alicyclic amines) is 1. The summed E-state index contributed by atoms with van der Waals surface area (Å²) in [6.07, 6.45) is 4.83. The highest BCUT2D eigenvalue weighted by atomic mass is 15.2. The molecule has 0 amide bonds. The molecule has 2 aromatic rings. The zero-order valence-corrected chi connectivity index (χ0v) is 9.74. The van der Waals surface area contributed by atoms with Crippen LogP contribution in [0.2, 0.25) is 0 Å². The van der Waals surface area contributed by atoms with E-state index in [2.05, 4.69) is 47.3 Å². The molecule has 1 aromatic carbocycles. The van der Waals surface area contributed by atoms with E-state index >= 15 is 0 Å². The van der Waals surface area contributed by atoms with E-state index in [1.807, 2.05) is 0 Å². The molecule has 1 N–H and O–H groups in total. The van der Waals surface area contributed by atoms with Crippen molar-refractivity contribution < 1.29 is 0 Å². The quantitative estimate of drug-likeness (QED) is 0.812. The number of fused-ring (bicyclic) bond motifs is 1. The molecule has 16 heavy (non-hydrogen) atoms. The Labute approximate surface area is 96.3 Å². The highest BCUT2D eigenvalue weighted by molar-refractivity contribution is 5.83. The van der Waals surface area contributed by atoms with Crippen LogP contribution in [0.3, 0.4) is 0 Å². The molecule has 1 aromatic heterocycles. The number of hydrogen-bond donors (Lipinski definition) is 1. The second-order valence-electron chi connectivity index (χ2n) is 4.58. The number of hydrogen-bond acceptors (Lipinski definition) is 1. The van der Waals surface area contributed by atoms with Gasteiger partial charge in [0.2, 0.25) is 0 Å². The van der Waals surface area contributed by atoms with Gasteiger partial charge in [0.05, 0.1) is 0 Å². The lowest BCUT2D eigenvalue weighted by Gasteiger charge is -2.22. The van der Waals surface area contributed by atoms with Gasteiger partial charge in [0, 0.05) is 23.1 Å². The van der Waals surface area contributed by atoms with Gasteiger partial charge in [-0.1, -0.05) is 25.1 Å². The van der Waals surface area contributed by atoms with Gasteiger partial charge in [-0.3, -0.25) is 4.90 Å². The molecule has 0 spiro atoms. The van der Waals surface area contributed by atoms with Crippen molar-refractivity contribution in [3.8, 4) is 0 Å². The first-order valence-electron chi connectivity index (χ1n) is 6.20. The molecule has 0 aliphatic carbocycles. The van der Waals surface area contributed by atoms with Gasteiger partial charge < -0.3 is 4.98 Å². The van der Waals surface area contributed by atoms with Crippen LogP contribution in [0, 0.1) is 0 Å². The van der Waals surface area contributed by atoms with Crippen LogP contribution in [-0.2, 0) is 0 Å². The first kappa shape index (κ1) is 9.91. The van der Waals surface area contributed by atoms with Crippen LogP contribution in [0.5, 0.6) is 0 Å². The van der Waals surface area contributed by atoms with Gasteiger partial charge >= 0.3 is 0 Å². The van der Waals surface area contributed by atoms with Gasteiger partial charge in [0.25, 0.3) is 0 Å². The molecule has 1 saturated heterocycles. The molecule has 1 unspecified atom stereocenters. The Balaban J connectivity index is 2.05. The number of H-pyrrole nitrogens is 1. The molecular weight excluding hydrogens is 196 g/mol. The van der Waals surface area contributed by atoms with Gasteiger partial charge in [-0.2, -0.15) is 0 Å². The fourth-order valence-electron chi connectivity index (χ4n) is 2.93. The van der Waals surface area contributed by atoms with Gasteiger partial charge in [0.1, 0.15) is 0 Å². The van der Waals surface area contributed by atoms with Crippen LogP contribution in [-0.4, -0.2) is 23.0 Å². The maximum atomic E-state index is 3.38. The Bertz CT molecular complexity index is 486. The fraction of sp³-hybridized carbons (Fsp3) is 0.429. The standard InChI is InChI=1S/C14H18N2/c1-2-16-9-5-8-14(16)12-10-15-13-7-4-3-6-11(12)13/h3-4,6-7,10,14-15H,2,5,8-9H2,1H3. The number of nitrogens with zero attached hydrogens (tertiary/aromatic N) is 1. The fourth-order valence-corrected chi connectivity index (χ4v) is 2.93. The Hall–Kier alpha value is -1.28.